The van der Waals surface area contributed by atoms with Gasteiger partial charge in [0.05, 0.1) is 22.7 Å². The highest BCUT2D eigenvalue weighted by Crippen LogP contribution is 2.44. The number of aryl methyl sites for hydroxylation is 1. The van der Waals surface area contributed by atoms with Crippen LogP contribution in [-0.2, 0) is 20.2 Å². The maximum Gasteiger partial charge on any atom is 0.296 e. The first kappa shape index (κ1) is 40.6. The fourth-order valence-corrected chi connectivity index (χ4v) is 7.23. The minimum Gasteiger partial charge on any atom is -0.505 e. The number of benzene rings is 7. The van der Waals surface area contributed by atoms with Crippen molar-refractivity contribution >= 4 is 93.4 Å². The van der Waals surface area contributed by atoms with Crippen LogP contribution in [0.25, 0.3) is 21.5 Å². The van der Waals surface area contributed by atoms with Crippen molar-refractivity contribution in [3.05, 3.63) is 138 Å². The van der Waals surface area contributed by atoms with Crippen LogP contribution in [0.4, 0.5) is 39.8 Å². The van der Waals surface area contributed by atoms with Gasteiger partial charge in [0.25, 0.3) is 20.2 Å². The molecule has 0 aliphatic heterocycles. The molecule has 0 amide bonds. The highest BCUT2D eigenvalue weighted by atomic mass is 32.2. The highest BCUT2D eigenvalue weighted by molar-refractivity contribution is 7.86. The first-order valence-corrected chi connectivity index (χ1v) is 20.3. The second-order valence-electron chi connectivity index (χ2n) is 13.2. The third-order valence-electron chi connectivity index (χ3n) is 8.95. The Balaban J connectivity index is 1.15. The monoisotopic (exact) mass is 845 g/mol. The normalized spacial score (nSPS) is 12.9. The Morgan fingerprint density at radius 2 is 0.867 bits per heavy atom. The molecule has 302 valence electrons. The zero-order valence-electron chi connectivity index (χ0n) is 30.9. The number of fused-ring (bicyclic) bond motifs is 2. The maximum atomic E-state index is 12.4. The number of aliphatic imine (C=N–C) groups is 2. The number of rotatable bonds is 10. The number of aliphatic hydroxyl groups is 2. The largest absolute Gasteiger partial charge is 0.505 e. The van der Waals surface area contributed by atoms with E-state index in [9.17, 15) is 46.4 Å². The molecule has 0 radical (unpaired) electrons. The number of aromatic hydroxyl groups is 2. The summed E-state index contributed by atoms with van der Waals surface area (Å²) >= 11 is 0. The second kappa shape index (κ2) is 16.0. The van der Waals surface area contributed by atoms with E-state index in [-0.39, 0.29) is 50.1 Å². The van der Waals surface area contributed by atoms with Gasteiger partial charge in [-0.15, -0.1) is 10.2 Å². The summed E-state index contributed by atoms with van der Waals surface area (Å²) in [6.07, 6.45) is 0. The fourth-order valence-electron chi connectivity index (χ4n) is 5.91. The molecule has 60 heavy (non-hydrogen) atoms. The van der Waals surface area contributed by atoms with E-state index in [1.54, 1.807) is 48.5 Å². The van der Waals surface area contributed by atoms with Crippen molar-refractivity contribution in [3.63, 3.8) is 0 Å². The van der Waals surface area contributed by atoms with Gasteiger partial charge in [-0.05, 0) is 127 Å². The molecule has 0 aromatic heterocycles. The number of anilines is 1. The van der Waals surface area contributed by atoms with Gasteiger partial charge in [-0.1, -0.05) is 17.7 Å². The Morgan fingerprint density at radius 3 is 1.27 bits per heavy atom. The van der Waals surface area contributed by atoms with Crippen molar-refractivity contribution in [2.45, 2.75) is 16.7 Å². The van der Waals surface area contributed by atoms with E-state index >= 15 is 0 Å². The summed E-state index contributed by atoms with van der Waals surface area (Å²) < 4.78 is 69.5. The highest BCUT2D eigenvalue weighted by Gasteiger charge is 2.24. The van der Waals surface area contributed by atoms with Gasteiger partial charge >= 0.3 is 0 Å². The SMILES string of the molecule is Cc1ccc(N=Nc2c(S(=O)(=O)O)cc3cc(N=C(O)c4ccc(N=Nc5c(S(=O)(=O)O)cc6cc(N=C(O)c7ccc(N)cc7)ccc6c5O)cc4)ccc3c2O)cc1. The number of nitrogen functional groups attached to an aromatic ring is 1. The molecule has 0 spiro atoms. The number of nitrogens with two attached hydrogens (primary N) is 1. The third kappa shape index (κ3) is 8.78. The Kier molecular flexibility index (Phi) is 10.8. The van der Waals surface area contributed by atoms with Crippen molar-refractivity contribution in [1.82, 2.24) is 0 Å². The van der Waals surface area contributed by atoms with Gasteiger partial charge in [-0.25, -0.2) is 9.98 Å². The molecule has 0 fully saturated rings. The number of azo groups is 2. The molecule has 8 N–H and O–H groups in total. The fraction of sp³-hybridized carbons (Fsp3) is 0.0244. The van der Waals surface area contributed by atoms with Gasteiger partial charge in [0, 0.05) is 27.6 Å². The van der Waals surface area contributed by atoms with E-state index in [0.29, 0.717) is 16.9 Å². The van der Waals surface area contributed by atoms with Crippen molar-refractivity contribution in [2.75, 3.05) is 5.73 Å². The lowest BCUT2D eigenvalue weighted by molar-refractivity contribution is 0.471. The summed E-state index contributed by atoms with van der Waals surface area (Å²) in [5.41, 5.74) is 7.54. The molecule has 7 rings (SSSR count). The third-order valence-corrected chi connectivity index (χ3v) is 10.7. The Morgan fingerprint density at radius 1 is 0.500 bits per heavy atom. The van der Waals surface area contributed by atoms with E-state index in [1.807, 2.05) is 6.92 Å². The second-order valence-corrected chi connectivity index (χ2v) is 16.0. The number of hydrogen-bond acceptors (Lipinski definition) is 13. The minimum absolute atomic E-state index is 0.139. The minimum atomic E-state index is -4.95. The topological polar surface area (TPSA) is 290 Å². The molecule has 17 nitrogen and oxygen atoms in total. The number of nitrogens with zero attached hydrogens (tertiary/aromatic N) is 6. The summed E-state index contributed by atoms with van der Waals surface area (Å²) in [5, 5.41) is 59.8. The zero-order chi connectivity index (χ0) is 42.9. The number of phenolic OH excluding ortho intramolecular Hbond substituents is 2. The van der Waals surface area contributed by atoms with Crippen molar-refractivity contribution in [1.29, 1.82) is 0 Å². The first-order chi connectivity index (χ1) is 28.4. The van der Waals surface area contributed by atoms with Crippen molar-refractivity contribution in [3.8, 4) is 11.5 Å². The van der Waals surface area contributed by atoms with Crippen LogP contribution in [0.3, 0.4) is 0 Å². The molecular weight excluding hydrogens is 815 g/mol. The number of hydrogen-bond donors (Lipinski definition) is 7. The molecule has 7 aromatic rings. The molecule has 0 bridgehead atoms. The lowest BCUT2D eigenvalue weighted by Crippen LogP contribution is -1.99. The van der Waals surface area contributed by atoms with E-state index in [0.717, 1.165) is 17.7 Å². The summed E-state index contributed by atoms with van der Waals surface area (Å²) in [5.74, 6) is -2.00. The molecule has 7 aromatic carbocycles. The van der Waals surface area contributed by atoms with Gasteiger partial charge in [-0.3, -0.25) is 9.11 Å². The standard InChI is InChI=1S/C41H31N7O10S2/c1-22-2-10-28(11-3-22)45-47-36-34(59(53,54)55)20-26-19-31(15-17-32(26)38(36)49)44-41(52)24-6-12-29(13-7-24)46-48-37-35(60(56,57)58)21-25-18-30(14-16-33(25)39(37)50)43-40(51)23-4-8-27(42)9-5-23/h2-21,49-50H,42H2,1H3,(H,43,51)(H,44,52)(H,53,54,55)(H,56,57,58). The average Bonchev–Trinajstić information content (AvgIpc) is 3.20. The summed E-state index contributed by atoms with van der Waals surface area (Å²) in [6, 6.07) is 29.4. The first-order valence-electron chi connectivity index (χ1n) is 17.4. The number of aliphatic hydroxyl groups excluding tert-OH is 2. The van der Waals surface area contributed by atoms with E-state index in [1.165, 1.54) is 60.7 Å². The van der Waals surface area contributed by atoms with Gasteiger partial charge in [0.2, 0.25) is 11.8 Å². The molecular formula is C41H31N7O10S2. The lowest BCUT2D eigenvalue weighted by Gasteiger charge is -2.10. The van der Waals surface area contributed by atoms with Crippen LogP contribution in [0.15, 0.2) is 162 Å². The molecule has 0 unspecified atom stereocenters. The molecule has 0 heterocycles. The van der Waals surface area contributed by atoms with E-state index in [2.05, 4.69) is 30.4 Å². The molecule has 0 saturated heterocycles. The number of phenols is 2. The van der Waals surface area contributed by atoms with Crippen LogP contribution in [0, 0.1) is 6.92 Å². The molecule has 0 aliphatic rings. The van der Waals surface area contributed by atoms with Crippen LogP contribution < -0.4 is 5.73 Å². The van der Waals surface area contributed by atoms with Crippen molar-refractivity contribution in [2.24, 2.45) is 30.4 Å². The predicted octanol–water partition coefficient (Wildman–Crippen LogP) is 9.89. The van der Waals surface area contributed by atoms with Crippen molar-refractivity contribution < 1.29 is 46.4 Å². The molecule has 0 atom stereocenters. The Labute approximate surface area is 341 Å². The quantitative estimate of drug-likeness (QED) is 0.0223. The smallest absolute Gasteiger partial charge is 0.296 e. The van der Waals surface area contributed by atoms with E-state index < -0.39 is 58.8 Å². The van der Waals surface area contributed by atoms with Crippen LogP contribution in [0.1, 0.15) is 16.7 Å². The predicted molar refractivity (Wildman–Crippen MR) is 225 cm³/mol. The van der Waals surface area contributed by atoms with Gasteiger partial charge in [-0.2, -0.15) is 27.1 Å². The molecule has 0 aliphatic carbocycles. The maximum absolute atomic E-state index is 12.4. The summed E-state index contributed by atoms with van der Waals surface area (Å²) in [4.78, 5) is 6.86. The van der Waals surface area contributed by atoms with Crippen LogP contribution in [-0.4, -0.2) is 58.2 Å². The zero-order valence-corrected chi connectivity index (χ0v) is 32.6. The molecule has 19 heteroatoms. The average molecular weight is 846 g/mol. The lowest BCUT2D eigenvalue weighted by atomic mass is 10.1. The van der Waals surface area contributed by atoms with Gasteiger partial charge < -0.3 is 26.2 Å². The van der Waals surface area contributed by atoms with Gasteiger partial charge in [0.15, 0.2) is 11.5 Å². The Bertz CT molecular complexity index is 3190. The van der Waals surface area contributed by atoms with Crippen LogP contribution in [0.5, 0.6) is 11.5 Å². The Hall–Kier alpha value is -7.58. The summed E-state index contributed by atoms with van der Waals surface area (Å²) in [7, 11) is -9.84. The van der Waals surface area contributed by atoms with Gasteiger partial charge in [0.1, 0.15) is 21.2 Å². The molecule has 0 saturated carbocycles. The van der Waals surface area contributed by atoms with Crippen LogP contribution >= 0.6 is 0 Å². The summed E-state index contributed by atoms with van der Waals surface area (Å²) in [6.45, 7) is 1.87. The van der Waals surface area contributed by atoms with E-state index in [4.69, 9.17) is 5.73 Å². The van der Waals surface area contributed by atoms with Crippen LogP contribution in [0.2, 0.25) is 0 Å².